The van der Waals surface area contributed by atoms with Crippen molar-refractivity contribution in [3.8, 4) is 0 Å². The lowest BCUT2D eigenvalue weighted by atomic mass is 10.1. The fourth-order valence-electron chi connectivity index (χ4n) is 1.66. The van der Waals surface area contributed by atoms with Gasteiger partial charge in [0.2, 0.25) is 0 Å². The monoisotopic (exact) mass is 254 g/mol. The van der Waals surface area contributed by atoms with E-state index < -0.39 is 4.92 Å². The number of anilines is 1. The summed E-state index contributed by atoms with van der Waals surface area (Å²) in [5.41, 5.74) is 1.31. The van der Waals surface area contributed by atoms with Crippen molar-refractivity contribution in [2.24, 2.45) is 0 Å². The second-order valence-electron chi connectivity index (χ2n) is 3.90. The van der Waals surface area contributed by atoms with Crippen LogP contribution >= 0.6 is 0 Å². The van der Waals surface area contributed by atoms with E-state index in [9.17, 15) is 10.1 Å². The van der Waals surface area contributed by atoms with Crippen LogP contribution in [-0.2, 0) is 16.1 Å². The first-order chi connectivity index (χ1) is 8.60. The Morgan fingerprint density at radius 3 is 2.78 bits per heavy atom. The van der Waals surface area contributed by atoms with Crippen LogP contribution in [0.2, 0.25) is 0 Å². The molecule has 0 aliphatic carbocycles. The molecule has 0 bridgehead atoms. The third kappa shape index (κ3) is 3.68. The predicted molar refractivity (Wildman–Crippen MR) is 68.8 cm³/mol. The number of hydrogen-bond acceptors (Lipinski definition) is 5. The highest BCUT2D eigenvalue weighted by atomic mass is 16.6. The fourth-order valence-corrected chi connectivity index (χ4v) is 1.66. The Labute approximate surface area is 106 Å². The number of para-hydroxylation sites is 1. The highest BCUT2D eigenvalue weighted by molar-refractivity contribution is 5.65. The fraction of sp³-hybridized carbons (Fsp3) is 0.500. The molecule has 1 aromatic carbocycles. The second kappa shape index (κ2) is 6.93. The van der Waals surface area contributed by atoms with E-state index >= 15 is 0 Å². The molecule has 0 heterocycles. The summed E-state index contributed by atoms with van der Waals surface area (Å²) >= 11 is 0. The van der Waals surface area contributed by atoms with Crippen LogP contribution in [0.4, 0.5) is 11.4 Å². The number of nitrogens with zero attached hydrogens (tertiary/aromatic N) is 1. The normalized spacial score (nSPS) is 12.2. The molecule has 1 N–H and O–H groups in total. The van der Waals surface area contributed by atoms with E-state index in [1.807, 2.05) is 6.92 Å². The van der Waals surface area contributed by atoms with E-state index in [1.54, 1.807) is 26.3 Å². The van der Waals surface area contributed by atoms with E-state index in [0.717, 1.165) is 5.56 Å². The van der Waals surface area contributed by atoms with Crippen LogP contribution in [-0.4, -0.2) is 31.8 Å². The molecule has 0 spiro atoms. The molecule has 0 aromatic heterocycles. The van der Waals surface area contributed by atoms with Crippen LogP contribution < -0.4 is 5.32 Å². The molecule has 1 unspecified atom stereocenters. The summed E-state index contributed by atoms with van der Waals surface area (Å²) in [5.74, 6) is 0. The Morgan fingerprint density at radius 1 is 1.50 bits per heavy atom. The Bertz CT molecular complexity index is 409. The molecule has 0 amide bonds. The van der Waals surface area contributed by atoms with Gasteiger partial charge in [0.15, 0.2) is 0 Å². The van der Waals surface area contributed by atoms with Crippen LogP contribution in [0.5, 0.6) is 0 Å². The van der Waals surface area contributed by atoms with Gasteiger partial charge in [0.05, 0.1) is 24.2 Å². The molecule has 0 saturated carbocycles. The zero-order chi connectivity index (χ0) is 13.5. The van der Waals surface area contributed by atoms with Crippen LogP contribution in [0.3, 0.4) is 0 Å². The number of methoxy groups -OCH3 is 1. The van der Waals surface area contributed by atoms with Gasteiger partial charge in [-0.1, -0.05) is 12.1 Å². The van der Waals surface area contributed by atoms with Crippen LogP contribution in [0.1, 0.15) is 12.5 Å². The number of benzene rings is 1. The van der Waals surface area contributed by atoms with Gasteiger partial charge in [-0.2, -0.15) is 0 Å². The van der Waals surface area contributed by atoms with Gasteiger partial charge >= 0.3 is 0 Å². The molecule has 0 aliphatic heterocycles. The maximum absolute atomic E-state index is 10.9. The summed E-state index contributed by atoms with van der Waals surface area (Å²) in [5, 5.41) is 13.7. The summed E-state index contributed by atoms with van der Waals surface area (Å²) in [7, 11) is 3.26. The molecule has 100 valence electrons. The van der Waals surface area contributed by atoms with E-state index in [1.165, 1.54) is 6.07 Å². The molecular weight excluding hydrogens is 236 g/mol. The zero-order valence-corrected chi connectivity index (χ0v) is 10.8. The first-order valence-electron chi connectivity index (χ1n) is 5.64. The van der Waals surface area contributed by atoms with Gasteiger partial charge in [0, 0.05) is 25.8 Å². The molecule has 6 heteroatoms. The van der Waals surface area contributed by atoms with Gasteiger partial charge in [-0.15, -0.1) is 0 Å². The molecule has 0 radical (unpaired) electrons. The minimum Gasteiger partial charge on any atom is -0.382 e. The first-order valence-corrected chi connectivity index (χ1v) is 5.64. The molecule has 0 fully saturated rings. The topological polar surface area (TPSA) is 73.6 Å². The van der Waals surface area contributed by atoms with Crippen molar-refractivity contribution >= 4 is 11.4 Å². The quantitative estimate of drug-likeness (QED) is 0.596. The lowest BCUT2D eigenvalue weighted by Crippen LogP contribution is -2.15. The van der Waals surface area contributed by atoms with Gasteiger partial charge < -0.3 is 14.8 Å². The molecule has 1 rings (SSSR count). The van der Waals surface area contributed by atoms with Crippen molar-refractivity contribution in [3.05, 3.63) is 33.9 Å². The van der Waals surface area contributed by atoms with Gasteiger partial charge in [-0.3, -0.25) is 10.1 Å². The number of hydrogen-bond donors (Lipinski definition) is 1. The third-order valence-electron chi connectivity index (χ3n) is 2.50. The number of nitro groups is 1. The van der Waals surface area contributed by atoms with Gasteiger partial charge in [-0.05, 0) is 6.92 Å². The number of ether oxygens (including phenoxy) is 2. The second-order valence-corrected chi connectivity index (χ2v) is 3.90. The SMILES string of the molecule is CNc1c(COC(C)COC)cccc1[N+](=O)[O-]. The molecular formula is C12H18N2O4. The Morgan fingerprint density at radius 2 is 2.22 bits per heavy atom. The summed E-state index contributed by atoms with van der Waals surface area (Å²) in [6.45, 7) is 2.69. The molecule has 1 atom stereocenters. The molecule has 18 heavy (non-hydrogen) atoms. The maximum atomic E-state index is 10.9. The molecule has 0 saturated heterocycles. The van der Waals surface area contributed by atoms with E-state index in [-0.39, 0.29) is 11.8 Å². The summed E-state index contributed by atoms with van der Waals surface area (Å²) in [6, 6.07) is 4.92. The average molecular weight is 254 g/mol. The van der Waals surface area contributed by atoms with E-state index in [2.05, 4.69) is 5.32 Å². The Hall–Kier alpha value is -1.66. The van der Waals surface area contributed by atoms with Crippen molar-refractivity contribution in [3.63, 3.8) is 0 Å². The molecule has 1 aromatic rings. The lowest BCUT2D eigenvalue weighted by Gasteiger charge is -2.14. The zero-order valence-electron chi connectivity index (χ0n) is 10.8. The van der Waals surface area contributed by atoms with E-state index in [4.69, 9.17) is 9.47 Å². The third-order valence-corrected chi connectivity index (χ3v) is 2.50. The van der Waals surface area contributed by atoms with Crippen molar-refractivity contribution in [2.45, 2.75) is 19.6 Å². The van der Waals surface area contributed by atoms with Crippen LogP contribution in [0.25, 0.3) is 0 Å². The van der Waals surface area contributed by atoms with Gasteiger partial charge in [-0.25, -0.2) is 0 Å². The van der Waals surface area contributed by atoms with Crippen LogP contribution in [0.15, 0.2) is 18.2 Å². The Balaban J connectivity index is 2.82. The smallest absolute Gasteiger partial charge is 0.292 e. The highest BCUT2D eigenvalue weighted by Crippen LogP contribution is 2.28. The van der Waals surface area contributed by atoms with Crippen LogP contribution in [0, 0.1) is 10.1 Å². The van der Waals surface area contributed by atoms with Gasteiger partial charge in [0.1, 0.15) is 5.69 Å². The van der Waals surface area contributed by atoms with Crippen molar-refractivity contribution in [1.82, 2.24) is 0 Å². The summed E-state index contributed by atoms with van der Waals surface area (Å²) < 4.78 is 10.5. The largest absolute Gasteiger partial charge is 0.382 e. The highest BCUT2D eigenvalue weighted by Gasteiger charge is 2.16. The van der Waals surface area contributed by atoms with Crippen molar-refractivity contribution in [2.75, 3.05) is 26.1 Å². The molecule has 6 nitrogen and oxygen atoms in total. The van der Waals surface area contributed by atoms with Gasteiger partial charge in [0.25, 0.3) is 5.69 Å². The maximum Gasteiger partial charge on any atom is 0.292 e. The Kier molecular flexibility index (Phi) is 5.54. The summed E-state index contributed by atoms with van der Waals surface area (Å²) in [6.07, 6.45) is -0.0565. The predicted octanol–water partition coefficient (Wildman–Crippen LogP) is 2.19. The minimum atomic E-state index is -0.409. The standard InChI is InChI=1S/C12H18N2O4/c1-9(7-17-3)18-8-10-5-4-6-11(14(15)16)12(10)13-2/h4-6,9,13H,7-8H2,1-3H3. The average Bonchev–Trinajstić information content (AvgIpc) is 2.36. The van der Waals surface area contributed by atoms with Crippen molar-refractivity contribution in [1.29, 1.82) is 0 Å². The number of rotatable bonds is 7. The van der Waals surface area contributed by atoms with E-state index in [0.29, 0.717) is 18.9 Å². The minimum absolute atomic E-state index is 0.0537. The number of nitro benzene ring substituents is 1. The molecule has 0 aliphatic rings. The lowest BCUT2D eigenvalue weighted by molar-refractivity contribution is -0.384. The number of nitrogens with one attached hydrogen (secondary N) is 1. The van der Waals surface area contributed by atoms with Crippen molar-refractivity contribution < 1.29 is 14.4 Å². The summed E-state index contributed by atoms with van der Waals surface area (Å²) in [4.78, 5) is 10.5. The first kappa shape index (κ1) is 14.4.